The Balaban J connectivity index is 1.93. The Morgan fingerprint density at radius 2 is 1.82 bits per heavy atom. The fourth-order valence-electron chi connectivity index (χ4n) is 1.96. The molecule has 0 aliphatic carbocycles. The SMILES string of the molecule is COc1ccc(C#Cc2cnc3cccnc3n2)cc1OC. The van der Waals surface area contributed by atoms with Gasteiger partial charge in [-0.2, -0.15) is 0 Å². The van der Waals surface area contributed by atoms with Crippen molar-refractivity contribution in [3.05, 3.63) is 54.0 Å². The maximum Gasteiger partial charge on any atom is 0.179 e. The van der Waals surface area contributed by atoms with Crippen LogP contribution in [0.3, 0.4) is 0 Å². The lowest BCUT2D eigenvalue weighted by atomic mass is 10.2. The van der Waals surface area contributed by atoms with Crippen LogP contribution >= 0.6 is 0 Å². The molecule has 2 aromatic heterocycles. The van der Waals surface area contributed by atoms with Crippen LogP contribution in [0.25, 0.3) is 11.2 Å². The van der Waals surface area contributed by atoms with Gasteiger partial charge in [0.15, 0.2) is 17.1 Å². The average molecular weight is 291 g/mol. The van der Waals surface area contributed by atoms with E-state index < -0.39 is 0 Å². The van der Waals surface area contributed by atoms with Gasteiger partial charge in [-0.05, 0) is 36.3 Å². The minimum atomic E-state index is 0.570. The first-order chi connectivity index (χ1) is 10.8. The molecule has 0 aliphatic rings. The number of rotatable bonds is 2. The Bertz CT molecular complexity index is 882. The minimum Gasteiger partial charge on any atom is -0.493 e. The molecule has 0 N–H and O–H groups in total. The Labute approximate surface area is 128 Å². The quantitative estimate of drug-likeness (QED) is 0.679. The summed E-state index contributed by atoms with van der Waals surface area (Å²) in [7, 11) is 3.19. The molecule has 108 valence electrons. The minimum absolute atomic E-state index is 0.570. The van der Waals surface area contributed by atoms with E-state index in [0.717, 1.165) is 11.1 Å². The molecule has 5 nitrogen and oxygen atoms in total. The van der Waals surface area contributed by atoms with Crippen molar-refractivity contribution in [2.24, 2.45) is 0 Å². The summed E-state index contributed by atoms with van der Waals surface area (Å²) in [5.74, 6) is 7.33. The third kappa shape index (κ3) is 2.81. The monoisotopic (exact) mass is 291 g/mol. The zero-order valence-electron chi connectivity index (χ0n) is 12.2. The summed E-state index contributed by atoms with van der Waals surface area (Å²) in [6.07, 6.45) is 3.32. The molecule has 0 saturated carbocycles. The zero-order valence-corrected chi connectivity index (χ0v) is 12.2. The van der Waals surface area contributed by atoms with E-state index in [1.807, 2.05) is 30.3 Å². The number of fused-ring (bicyclic) bond motifs is 1. The number of hydrogen-bond acceptors (Lipinski definition) is 5. The van der Waals surface area contributed by atoms with Gasteiger partial charge in [0.2, 0.25) is 0 Å². The third-order valence-corrected chi connectivity index (χ3v) is 3.04. The molecule has 0 spiro atoms. The maximum absolute atomic E-state index is 5.26. The third-order valence-electron chi connectivity index (χ3n) is 3.04. The van der Waals surface area contributed by atoms with Crippen molar-refractivity contribution in [3.63, 3.8) is 0 Å². The topological polar surface area (TPSA) is 57.1 Å². The second-order valence-electron chi connectivity index (χ2n) is 4.42. The van der Waals surface area contributed by atoms with Gasteiger partial charge in [-0.3, -0.25) is 0 Å². The van der Waals surface area contributed by atoms with Gasteiger partial charge >= 0.3 is 0 Å². The van der Waals surface area contributed by atoms with E-state index in [1.165, 1.54) is 0 Å². The Hall–Kier alpha value is -3.13. The summed E-state index contributed by atoms with van der Waals surface area (Å²) >= 11 is 0. The van der Waals surface area contributed by atoms with Crippen LogP contribution in [0.5, 0.6) is 11.5 Å². The van der Waals surface area contributed by atoms with E-state index >= 15 is 0 Å². The molecule has 0 fully saturated rings. The summed E-state index contributed by atoms with van der Waals surface area (Å²) in [6.45, 7) is 0. The molecule has 0 radical (unpaired) electrons. The molecule has 0 amide bonds. The lowest BCUT2D eigenvalue weighted by Crippen LogP contribution is -1.91. The first-order valence-corrected chi connectivity index (χ1v) is 6.62. The fourth-order valence-corrected chi connectivity index (χ4v) is 1.96. The van der Waals surface area contributed by atoms with Crippen molar-refractivity contribution < 1.29 is 9.47 Å². The van der Waals surface area contributed by atoms with Crippen LogP contribution in [0.1, 0.15) is 11.3 Å². The highest BCUT2D eigenvalue weighted by molar-refractivity contribution is 5.69. The summed E-state index contributed by atoms with van der Waals surface area (Å²) in [6, 6.07) is 9.18. The summed E-state index contributed by atoms with van der Waals surface area (Å²) in [4.78, 5) is 12.8. The predicted molar refractivity (Wildman–Crippen MR) is 82.9 cm³/mol. The number of methoxy groups -OCH3 is 2. The highest BCUT2D eigenvalue weighted by atomic mass is 16.5. The normalized spacial score (nSPS) is 9.91. The number of pyridine rings is 1. The Kier molecular flexibility index (Phi) is 3.84. The summed E-state index contributed by atoms with van der Waals surface area (Å²) in [5, 5.41) is 0. The van der Waals surface area contributed by atoms with E-state index in [2.05, 4.69) is 26.8 Å². The first kappa shape index (κ1) is 13.8. The molecule has 22 heavy (non-hydrogen) atoms. The molecule has 0 aliphatic heterocycles. The summed E-state index contributed by atoms with van der Waals surface area (Å²) in [5.41, 5.74) is 2.71. The second-order valence-corrected chi connectivity index (χ2v) is 4.42. The molecular formula is C17H13N3O2. The van der Waals surface area contributed by atoms with Gasteiger partial charge in [0, 0.05) is 11.8 Å². The van der Waals surface area contributed by atoms with Gasteiger partial charge in [-0.25, -0.2) is 15.0 Å². The van der Waals surface area contributed by atoms with Gasteiger partial charge in [0.1, 0.15) is 11.2 Å². The average Bonchev–Trinajstić information content (AvgIpc) is 2.59. The molecule has 1 aromatic carbocycles. The molecule has 2 heterocycles. The highest BCUT2D eigenvalue weighted by Gasteiger charge is 2.03. The van der Waals surface area contributed by atoms with Gasteiger partial charge in [-0.1, -0.05) is 5.92 Å². The van der Waals surface area contributed by atoms with E-state index in [0.29, 0.717) is 22.8 Å². The fraction of sp³-hybridized carbons (Fsp3) is 0.118. The molecule has 5 heteroatoms. The van der Waals surface area contributed by atoms with Crippen LogP contribution in [0.4, 0.5) is 0 Å². The van der Waals surface area contributed by atoms with Gasteiger partial charge in [0.25, 0.3) is 0 Å². The molecule has 3 rings (SSSR count). The van der Waals surface area contributed by atoms with E-state index in [4.69, 9.17) is 9.47 Å². The highest BCUT2D eigenvalue weighted by Crippen LogP contribution is 2.27. The molecule has 0 unspecified atom stereocenters. The van der Waals surface area contributed by atoms with E-state index in [1.54, 1.807) is 26.6 Å². The van der Waals surface area contributed by atoms with Crippen molar-refractivity contribution in [2.75, 3.05) is 14.2 Å². The first-order valence-electron chi connectivity index (χ1n) is 6.62. The standard InChI is InChI=1S/C17H13N3O2/c1-21-15-8-6-12(10-16(15)22-2)5-7-13-11-19-14-4-3-9-18-17(14)20-13/h3-4,6,8-11H,1-2H3. The molecule has 0 atom stereocenters. The van der Waals surface area contributed by atoms with Gasteiger partial charge in [0.05, 0.1) is 20.4 Å². The van der Waals surface area contributed by atoms with Crippen molar-refractivity contribution in [2.45, 2.75) is 0 Å². The number of hydrogen-bond donors (Lipinski definition) is 0. The Morgan fingerprint density at radius 3 is 2.64 bits per heavy atom. The van der Waals surface area contributed by atoms with Crippen molar-refractivity contribution in [1.82, 2.24) is 15.0 Å². The van der Waals surface area contributed by atoms with Crippen molar-refractivity contribution in [3.8, 4) is 23.3 Å². The van der Waals surface area contributed by atoms with Crippen molar-refractivity contribution in [1.29, 1.82) is 0 Å². The van der Waals surface area contributed by atoms with Gasteiger partial charge < -0.3 is 9.47 Å². The maximum atomic E-state index is 5.26. The Morgan fingerprint density at radius 1 is 0.955 bits per heavy atom. The lowest BCUT2D eigenvalue weighted by molar-refractivity contribution is 0.355. The summed E-state index contributed by atoms with van der Waals surface area (Å²) < 4.78 is 10.5. The molecule has 0 bridgehead atoms. The van der Waals surface area contributed by atoms with E-state index in [-0.39, 0.29) is 0 Å². The van der Waals surface area contributed by atoms with Gasteiger partial charge in [-0.15, -0.1) is 0 Å². The predicted octanol–water partition coefficient (Wildman–Crippen LogP) is 2.44. The van der Waals surface area contributed by atoms with Crippen molar-refractivity contribution >= 4 is 11.2 Å². The number of benzene rings is 1. The van der Waals surface area contributed by atoms with Crippen LogP contribution in [0, 0.1) is 11.8 Å². The zero-order chi connectivity index (χ0) is 15.4. The molecule has 0 saturated heterocycles. The van der Waals surface area contributed by atoms with Crippen LogP contribution in [0.15, 0.2) is 42.7 Å². The van der Waals surface area contributed by atoms with Crippen LogP contribution in [-0.2, 0) is 0 Å². The van der Waals surface area contributed by atoms with E-state index in [9.17, 15) is 0 Å². The van der Waals surface area contributed by atoms with Crippen LogP contribution in [0.2, 0.25) is 0 Å². The lowest BCUT2D eigenvalue weighted by Gasteiger charge is -2.06. The van der Waals surface area contributed by atoms with Crippen LogP contribution in [-0.4, -0.2) is 29.2 Å². The molecular weight excluding hydrogens is 278 g/mol. The smallest absolute Gasteiger partial charge is 0.179 e. The second kappa shape index (κ2) is 6.10. The largest absolute Gasteiger partial charge is 0.493 e. The molecule has 3 aromatic rings. The number of ether oxygens (including phenoxy) is 2. The van der Waals surface area contributed by atoms with Crippen LogP contribution < -0.4 is 9.47 Å². The number of nitrogens with zero attached hydrogens (tertiary/aromatic N) is 3. The number of aromatic nitrogens is 3.